The molecule has 0 aliphatic carbocycles. The second kappa shape index (κ2) is 7.91. The van der Waals surface area contributed by atoms with Crippen molar-refractivity contribution in [2.24, 2.45) is 5.92 Å². The van der Waals surface area contributed by atoms with Gasteiger partial charge in [-0.1, -0.05) is 6.07 Å². The van der Waals surface area contributed by atoms with Gasteiger partial charge in [-0.3, -0.25) is 9.88 Å². The molecule has 0 spiro atoms. The second-order valence-corrected chi connectivity index (χ2v) is 7.39. The molecule has 4 rings (SSSR count). The monoisotopic (exact) mass is 337 g/mol. The van der Waals surface area contributed by atoms with Gasteiger partial charge in [0.15, 0.2) is 5.82 Å². The highest BCUT2D eigenvalue weighted by molar-refractivity contribution is 5.38. The summed E-state index contributed by atoms with van der Waals surface area (Å²) in [6, 6.07) is 8.53. The van der Waals surface area contributed by atoms with Gasteiger partial charge in [0.05, 0.1) is 5.69 Å². The molecule has 0 saturated carbocycles. The highest BCUT2D eigenvalue weighted by Crippen LogP contribution is 2.22. The van der Waals surface area contributed by atoms with Crippen molar-refractivity contribution in [3.05, 3.63) is 47.9 Å². The average Bonchev–Trinajstić information content (AvgIpc) is 3.18. The molecule has 0 amide bonds. The topological polar surface area (TPSA) is 45.2 Å². The van der Waals surface area contributed by atoms with E-state index in [2.05, 4.69) is 43.2 Å². The molecule has 2 saturated heterocycles. The first-order valence-corrected chi connectivity index (χ1v) is 9.55. The van der Waals surface area contributed by atoms with Gasteiger partial charge in [0.25, 0.3) is 0 Å². The summed E-state index contributed by atoms with van der Waals surface area (Å²) in [5.74, 6) is 1.72. The molecule has 5 heteroatoms. The Morgan fingerprint density at radius 2 is 1.92 bits per heavy atom. The Morgan fingerprint density at radius 1 is 1.00 bits per heavy atom. The number of rotatable bonds is 5. The van der Waals surface area contributed by atoms with Crippen LogP contribution >= 0.6 is 0 Å². The highest BCUT2D eigenvalue weighted by Gasteiger charge is 2.21. The lowest BCUT2D eigenvalue weighted by molar-refractivity contribution is 0.166. The van der Waals surface area contributed by atoms with Crippen molar-refractivity contribution in [1.82, 2.24) is 20.1 Å². The van der Waals surface area contributed by atoms with Crippen LogP contribution in [0.5, 0.6) is 0 Å². The summed E-state index contributed by atoms with van der Waals surface area (Å²) in [6.07, 6.45) is 9.97. The van der Waals surface area contributed by atoms with E-state index in [4.69, 9.17) is 0 Å². The number of anilines is 1. The van der Waals surface area contributed by atoms with E-state index in [0.29, 0.717) is 5.92 Å². The minimum Gasteiger partial charge on any atom is -0.355 e. The van der Waals surface area contributed by atoms with Crippen molar-refractivity contribution in [1.29, 1.82) is 0 Å². The van der Waals surface area contributed by atoms with E-state index < -0.39 is 0 Å². The van der Waals surface area contributed by atoms with Crippen LogP contribution in [0.3, 0.4) is 0 Å². The molecule has 2 fully saturated rings. The lowest BCUT2D eigenvalue weighted by Crippen LogP contribution is -2.35. The summed E-state index contributed by atoms with van der Waals surface area (Å²) in [7, 11) is 0. The molecule has 1 atom stereocenters. The van der Waals surface area contributed by atoms with Crippen LogP contribution in [-0.2, 0) is 13.0 Å². The first kappa shape index (κ1) is 16.5. The van der Waals surface area contributed by atoms with E-state index in [0.717, 1.165) is 44.1 Å². The van der Waals surface area contributed by atoms with Gasteiger partial charge in [0.1, 0.15) is 0 Å². The third-order valence-corrected chi connectivity index (χ3v) is 5.37. The molecule has 25 heavy (non-hydrogen) atoms. The molecular weight excluding hydrogens is 310 g/mol. The normalized spacial score (nSPS) is 21.6. The summed E-state index contributed by atoms with van der Waals surface area (Å²) in [5, 5.41) is 8.97. The third kappa shape index (κ3) is 4.34. The molecule has 2 aliphatic rings. The number of hydrogen-bond donors (Lipinski definition) is 0. The van der Waals surface area contributed by atoms with Gasteiger partial charge in [-0.05, 0) is 68.3 Å². The smallest absolute Gasteiger partial charge is 0.151 e. The molecule has 5 nitrogen and oxygen atoms in total. The molecule has 0 radical (unpaired) electrons. The van der Waals surface area contributed by atoms with Crippen LogP contribution in [0.4, 0.5) is 5.82 Å². The van der Waals surface area contributed by atoms with E-state index in [-0.39, 0.29) is 0 Å². The molecule has 0 aromatic carbocycles. The van der Waals surface area contributed by atoms with Crippen molar-refractivity contribution in [2.75, 3.05) is 31.1 Å². The maximum Gasteiger partial charge on any atom is 0.151 e. The molecule has 2 aliphatic heterocycles. The fourth-order valence-corrected chi connectivity index (χ4v) is 4.08. The summed E-state index contributed by atoms with van der Waals surface area (Å²) in [5.41, 5.74) is 2.44. The van der Waals surface area contributed by atoms with Crippen LogP contribution in [0.1, 0.15) is 36.9 Å². The Bertz CT molecular complexity index is 652. The van der Waals surface area contributed by atoms with Crippen molar-refractivity contribution < 1.29 is 0 Å². The van der Waals surface area contributed by atoms with Crippen LogP contribution < -0.4 is 4.90 Å². The van der Waals surface area contributed by atoms with Gasteiger partial charge in [-0.15, -0.1) is 5.10 Å². The predicted molar refractivity (Wildman–Crippen MR) is 99.4 cm³/mol. The minimum atomic E-state index is 0.678. The molecule has 0 N–H and O–H groups in total. The molecular formula is C20H27N5. The van der Waals surface area contributed by atoms with Gasteiger partial charge in [-0.25, -0.2) is 0 Å². The van der Waals surface area contributed by atoms with Crippen molar-refractivity contribution in [2.45, 2.75) is 38.6 Å². The van der Waals surface area contributed by atoms with Crippen molar-refractivity contribution in [3.63, 3.8) is 0 Å². The maximum atomic E-state index is 4.51. The Balaban J connectivity index is 1.32. The number of pyridine rings is 1. The largest absolute Gasteiger partial charge is 0.355 e. The van der Waals surface area contributed by atoms with Crippen LogP contribution in [0.15, 0.2) is 36.7 Å². The Hall–Kier alpha value is -2.01. The predicted octanol–water partition coefficient (Wildman–Crippen LogP) is 2.93. The first-order valence-electron chi connectivity index (χ1n) is 9.55. The lowest BCUT2D eigenvalue weighted by Gasteiger charge is -2.32. The van der Waals surface area contributed by atoms with Crippen LogP contribution in [0.2, 0.25) is 0 Å². The fraction of sp³-hybridized carbons (Fsp3) is 0.550. The number of likely N-dealkylation sites (tertiary alicyclic amines) is 1. The van der Waals surface area contributed by atoms with E-state index in [1.807, 2.05) is 18.5 Å². The van der Waals surface area contributed by atoms with Crippen LogP contribution in [0.25, 0.3) is 0 Å². The molecule has 2 aromatic heterocycles. The molecule has 132 valence electrons. The van der Waals surface area contributed by atoms with Gasteiger partial charge < -0.3 is 4.90 Å². The Morgan fingerprint density at radius 3 is 2.68 bits per heavy atom. The summed E-state index contributed by atoms with van der Waals surface area (Å²) < 4.78 is 0. The van der Waals surface area contributed by atoms with E-state index >= 15 is 0 Å². The summed E-state index contributed by atoms with van der Waals surface area (Å²) in [4.78, 5) is 9.12. The standard InChI is InChI=1S/C20H27N5/c1-2-12-25(11-1)20-8-7-19(22-23-20)13-17-6-4-10-24(15-17)16-18-5-3-9-21-14-18/h3,5,7-9,14,17H,1-2,4,6,10-13,15-16H2/t17-/m0/s1. The van der Waals surface area contributed by atoms with Gasteiger partial charge in [0.2, 0.25) is 0 Å². The molecule has 2 aromatic rings. The zero-order valence-corrected chi connectivity index (χ0v) is 14.8. The van der Waals surface area contributed by atoms with E-state index in [1.165, 1.54) is 37.8 Å². The van der Waals surface area contributed by atoms with Crippen molar-refractivity contribution >= 4 is 5.82 Å². The Kier molecular flexibility index (Phi) is 5.21. The molecule has 0 bridgehead atoms. The number of nitrogens with zero attached hydrogens (tertiary/aromatic N) is 5. The molecule has 4 heterocycles. The lowest BCUT2D eigenvalue weighted by atomic mass is 9.93. The first-order chi connectivity index (χ1) is 12.4. The summed E-state index contributed by atoms with van der Waals surface area (Å²) in [6.45, 7) is 5.58. The second-order valence-electron chi connectivity index (χ2n) is 7.39. The Labute approximate surface area is 150 Å². The van der Waals surface area contributed by atoms with Crippen molar-refractivity contribution in [3.8, 4) is 0 Å². The van der Waals surface area contributed by atoms with E-state index in [9.17, 15) is 0 Å². The maximum absolute atomic E-state index is 4.51. The SMILES string of the molecule is c1cncc(CN2CCC[C@@H](Cc3ccc(N4CCCC4)nn3)C2)c1. The quantitative estimate of drug-likeness (QED) is 0.839. The zero-order valence-electron chi connectivity index (χ0n) is 14.8. The zero-order chi connectivity index (χ0) is 16.9. The van der Waals surface area contributed by atoms with Gasteiger partial charge in [0, 0.05) is 38.6 Å². The minimum absolute atomic E-state index is 0.678. The average molecular weight is 337 g/mol. The highest BCUT2D eigenvalue weighted by atomic mass is 15.3. The molecule has 0 unspecified atom stereocenters. The number of piperidine rings is 1. The summed E-state index contributed by atoms with van der Waals surface area (Å²) >= 11 is 0. The van der Waals surface area contributed by atoms with Crippen LogP contribution in [0, 0.1) is 5.92 Å². The number of hydrogen-bond acceptors (Lipinski definition) is 5. The van der Waals surface area contributed by atoms with E-state index in [1.54, 1.807) is 0 Å². The third-order valence-electron chi connectivity index (χ3n) is 5.37. The van der Waals surface area contributed by atoms with Crippen LogP contribution in [-0.4, -0.2) is 46.3 Å². The fourth-order valence-electron chi connectivity index (χ4n) is 4.08. The van der Waals surface area contributed by atoms with Gasteiger partial charge >= 0.3 is 0 Å². The number of aromatic nitrogens is 3. The van der Waals surface area contributed by atoms with Gasteiger partial charge in [-0.2, -0.15) is 5.10 Å².